The van der Waals surface area contributed by atoms with E-state index in [9.17, 15) is 0 Å². The van der Waals surface area contributed by atoms with Crippen LogP contribution >= 0.6 is 0 Å². The van der Waals surface area contributed by atoms with E-state index in [0.29, 0.717) is 12.0 Å². The molecule has 2 aliphatic heterocycles. The Balaban J connectivity index is 1.56. The first-order chi connectivity index (χ1) is 10.2. The predicted molar refractivity (Wildman–Crippen MR) is 84.7 cm³/mol. The van der Waals surface area contributed by atoms with Gasteiger partial charge >= 0.3 is 0 Å². The van der Waals surface area contributed by atoms with Gasteiger partial charge in [-0.15, -0.1) is 0 Å². The molecule has 3 heterocycles. The Bertz CT molecular complexity index is 649. The average molecular weight is 285 g/mol. The molecule has 0 radical (unpaired) electrons. The molecule has 1 aromatic heterocycles. The lowest BCUT2D eigenvalue weighted by molar-refractivity contribution is 0.318. The van der Waals surface area contributed by atoms with Crippen molar-refractivity contribution in [1.29, 1.82) is 0 Å². The molecule has 1 N–H and O–H groups in total. The van der Waals surface area contributed by atoms with Crippen LogP contribution in [0.15, 0.2) is 22.6 Å². The second kappa shape index (κ2) is 5.02. The van der Waals surface area contributed by atoms with Crippen LogP contribution in [0.25, 0.3) is 11.1 Å². The third-order valence-electron chi connectivity index (χ3n) is 4.86. The number of rotatable bonds is 3. The van der Waals surface area contributed by atoms with Gasteiger partial charge in [-0.1, -0.05) is 13.8 Å². The molecule has 2 atom stereocenters. The maximum atomic E-state index is 5.78. The molecule has 0 bridgehead atoms. The van der Waals surface area contributed by atoms with Crippen LogP contribution in [0.5, 0.6) is 0 Å². The first kappa shape index (κ1) is 13.1. The van der Waals surface area contributed by atoms with Crippen LogP contribution in [-0.4, -0.2) is 35.1 Å². The van der Waals surface area contributed by atoms with Crippen molar-refractivity contribution < 1.29 is 4.42 Å². The van der Waals surface area contributed by atoms with Crippen molar-refractivity contribution in [2.24, 2.45) is 0 Å². The molecule has 0 aliphatic carbocycles. The molecule has 2 aliphatic rings. The lowest BCUT2D eigenvalue weighted by Crippen LogP contribution is -2.33. The van der Waals surface area contributed by atoms with Gasteiger partial charge < -0.3 is 9.73 Å². The van der Waals surface area contributed by atoms with Crippen molar-refractivity contribution in [1.82, 2.24) is 9.88 Å². The van der Waals surface area contributed by atoms with Crippen LogP contribution in [0.2, 0.25) is 0 Å². The van der Waals surface area contributed by atoms with E-state index in [1.807, 2.05) is 6.07 Å². The number of hydrogen-bond donors (Lipinski definition) is 1. The van der Waals surface area contributed by atoms with Crippen molar-refractivity contribution in [3.8, 4) is 0 Å². The lowest BCUT2D eigenvalue weighted by Gasteiger charge is -2.22. The molecule has 4 rings (SSSR count). The summed E-state index contributed by atoms with van der Waals surface area (Å²) in [6.07, 6.45) is 3.93. The molecule has 4 nitrogen and oxygen atoms in total. The zero-order valence-electron chi connectivity index (χ0n) is 12.8. The van der Waals surface area contributed by atoms with E-state index in [4.69, 9.17) is 4.42 Å². The SMILES string of the molecule is CC(C)c1nc2cc(NC3CCN4CCCC34)ccc2o1. The fourth-order valence-corrected chi connectivity index (χ4v) is 3.75. The van der Waals surface area contributed by atoms with Gasteiger partial charge in [0.05, 0.1) is 0 Å². The first-order valence-electron chi connectivity index (χ1n) is 8.12. The van der Waals surface area contributed by atoms with Gasteiger partial charge in [0.2, 0.25) is 0 Å². The molecule has 2 saturated heterocycles. The minimum absolute atomic E-state index is 0.329. The first-order valence-corrected chi connectivity index (χ1v) is 8.12. The van der Waals surface area contributed by atoms with Crippen LogP contribution in [0.4, 0.5) is 5.69 Å². The van der Waals surface area contributed by atoms with Gasteiger partial charge in [-0.25, -0.2) is 4.98 Å². The summed E-state index contributed by atoms with van der Waals surface area (Å²) in [4.78, 5) is 7.22. The number of anilines is 1. The fraction of sp³-hybridized carbons (Fsp3) is 0.588. The van der Waals surface area contributed by atoms with E-state index in [1.54, 1.807) is 0 Å². The number of nitrogens with zero attached hydrogens (tertiary/aromatic N) is 2. The monoisotopic (exact) mass is 285 g/mol. The maximum absolute atomic E-state index is 5.78. The Morgan fingerprint density at radius 3 is 3.05 bits per heavy atom. The maximum Gasteiger partial charge on any atom is 0.198 e. The zero-order valence-corrected chi connectivity index (χ0v) is 12.8. The topological polar surface area (TPSA) is 41.3 Å². The average Bonchev–Trinajstić information content (AvgIpc) is 3.14. The summed E-state index contributed by atoms with van der Waals surface area (Å²) in [5.41, 5.74) is 3.02. The molecule has 4 heteroatoms. The molecular formula is C17H23N3O. The summed E-state index contributed by atoms with van der Waals surface area (Å²) < 4.78 is 5.78. The molecule has 112 valence electrons. The largest absolute Gasteiger partial charge is 0.440 e. The summed E-state index contributed by atoms with van der Waals surface area (Å²) in [5, 5.41) is 3.72. The normalized spacial score (nSPS) is 25.9. The molecule has 21 heavy (non-hydrogen) atoms. The Kier molecular flexibility index (Phi) is 3.14. The van der Waals surface area contributed by atoms with Crippen molar-refractivity contribution in [2.75, 3.05) is 18.4 Å². The van der Waals surface area contributed by atoms with Gasteiger partial charge in [0.15, 0.2) is 11.5 Å². The molecule has 2 aromatic rings. The van der Waals surface area contributed by atoms with Gasteiger partial charge in [-0.2, -0.15) is 0 Å². The molecule has 0 spiro atoms. The van der Waals surface area contributed by atoms with Crippen LogP contribution in [-0.2, 0) is 0 Å². The summed E-state index contributed by atoms with van der Waals surface area (Å²) in [6, 6.07) is 7.60. The highest BCUT2D eigenvalue weighted by Gasteiger charge is 2.36. The van der Waals surface area contributed by atoms with E-state index >= 15 is 0 Å². The van der Waals surface area contributed by atoms with E-state index in [2.05, 4.69) is 41.2 Å². The molecule has 0 saturated carbocycles. The zero-order chi connectivity index (χ0) is 14.4. The number of benzene rings is 1. The Labute approximate surface area is 125 Å². The summed E-state index contributed by atoms with van der Waals surface area (Å²) >= 11 is 0. The van der Waals surface area contributed by atoms with Gasteiger partial charge in [0, 0.05) is 30.2 Å². The Hall–Kier alpha value is -1.55. The van der Waals surface area contributed by atoms with Crippen molar-refractivity contribution >= 4 is 16.8 Å². The van der Waals surface area contributed by atoms with Crippen molar-refractivity contribution in [3.05, 3.63) is 24.1 Å². The minimum atomic E-state index is 0.329. The summed E-state index contributed by atoms with van der Waals surface area (Å²) in [6.45, 7) is 6.74. The molecule has 0 amide bonds. The van der Waals surface area contributed by atoms with E-state index in [1.165, 1.54) is 38.0 Å². The van der Waals surface area contributed by atoms with Gasteiger partial charge in [-0.3, -0.25) is 4.90 Å². The third-order valence-corrected chi connectivity index (χ3v) is 4.86. The minimum Gasteiger partial charge on any atom is -0.440 e. The summed E-state index contributed by atoms with van der Waals surface area (Å²) in [7, 11) is 0. The van der Waals surface area contributed by atoms with E-state index < -0.39 is 0 Å². The van der Waals surface area contributed by atoms with Gasteiger partial charge in [0.1, 0.15) is 5.52 Å². The highest BCUT2D eigenvalue weighted by atomic mass is 16.3. The molecule has 2 unspecified atom stereocenters. The summed E-state index contributed by atoms with van der Waals surface area (Å²) in [5.74, 6) is 1.15. The van der Waals surface area contributed by atoms with E-state index in [-0.39, 0.29) is 0 Å². The van der Waals surface area contributed by atoms with Crippen LogP contribution in [0, 0.1) is 0 Å². The second-order valence-corrected chi connectivity index (χ2v) is 6.67. The van der Waals surface area contributed by atoms with Crippen LogP contribution < -0.4 is 5.32 Å². The van der Waals surface area contributed by atoms with Crippen LogP contribution in [0.1, 0.15) is 44.9 Å². The highest BCUT2D eigenvalue weighted by Crippen LogP contribution is 2.31. The smallest absolute Gasteiger partial charge is 0.198 e. The highest BCUT2D eigenvalue weighted by molar-refractivity contribution is 5.77. The number of fused-ring (bicyclic) bond motifs is 2. The second-order valence-electron chi connectivity index (χ2n) is 6.67. The Morgan fingerprint density at radius 1 is 1.29 bits per heavy atom. The molecular weight excluding hydrogens is 262 g/mol. The number of hydrogen-bond acceptors (Lipinski definition) is 4. The Morgan fingerprint density at radius 2 is 2.19 bits per heavy atom. The number of oxazole rings is 1. The number of nitrogens with one attached hydrogen (secondary N) is 1. The van der Waals surface area contributed by atoms with Crippen LogP contribution in [0.3, 0.4) is 0 Å². The third kappa shape index (κ3) is 2.31. The number of aromatic nitrogens is 1. The van der Waals surface area contributed by atoms with Gasteiger partial charge in [-0.05, 0) is 44.0 Å². The standard InChI is InChI=1S/C17H23N3O/c1-11(2)17-19-14-10-12(5-6-16(14)21-17)18-13-7-9-20-8-3-4-15(13)20/h5-6,10-11,13,15,18H,3-4,7-9H2,1-2H3. The molecule has 1 aromatic carbocycles. The van der Waals surface area contributed by atoms with Crippen molar-refractivity contribution in [3.63, 3.8) is 0 Å². The van der Waals surface area contributed by atoms with Crippen molar-refractivity contribution in [2.45, 2.75) is 51.1 Å². The van der Waals surface area contributed by atoms with Gasteiger partial charge in [0.25, 0.3) is 0 Å². The fourth-order valence-electron chi connectivity index (χ4n) is 3.75. The van der Waals surface area contributed by atoms with E-state index in [0.717, 1.165) is 23.0 Å². The molecule has 2 fully saturated rings. The lowest BCUT2D eigenvalue weighted by atomic mass is 10.1. The predicted octanol–water partition coefficient (Wildman–Crippen LogP) is 3.60. The quantitative estimate of drug-likeness (QED) is 0.935.